The van der Waals surface area contributed by atoms with E-state index in [0.29, 0.717) is 37.3 Å². The van der Waals surface area contributed by atoms with Gasteiger partial charge in [0.2, 0.25) is 10.0 Å². The molecule has 19 heavy (non-hydrogen) atoms. The number of aliphatic hydroxyl groups excluding tert-OH is 1. The first kappa shape index (κ1) is 14.1. The highest BCUT2D eigenvalue weighted by atomic mass is 32.2. The van der Waals surface area contributed by atoms with Crippen LogP contribution in [-0.4, -0.2) is 39.8 Å². The first-order valence-electron chi connectivity index (χ1n) is 6.20. The summed E-state index contributed by atoms with van der Waals surface area (Å²) in [5.74, 6) is 0. The van der Waals surface area contributed by atoms with E-state index in [-0.39, 0.29) is 11.0 Å². The van der Waals surface area contributed by atoms with Crippen LogP contribution in [0.2, 0.25) is 0 Å². The Kier molecular flexibility index (Phi) is 3.98. The molecular weight excluding hydrogens is 266 g/mol. The first-order chi connectivity index (χ1) is 8.94. The zero-order chi connectivity index (χ0) is 14.0. The lowest BCUT2D eigenvalue weighted by molar-refractivity contribution is 0.145. The fourth-order valence-corrected chi connectivity index (χ4v) is 2.94. The Labute approximate surface area is 113 Å². The molecule has 0 unspecified atom stereocenters. The van der Waals surface area contributed by atoms with Crippen molar-refractivity contribution in [2.45, 2.75) is 23.8 Å². The van der Waals surface area contributed by atoms with Crippen molar-refractivity contribution in [1.29, 1.82) is 0 Å². The number of rotatable bonds is 3. The molecule has 106 valence electrons. The fraction of sp³-hybridized carbons (Fsp3) is 0.500. The van der Waals surface area contributed by atoms with Crippen molar-refractivity contribution in [2.75, 3.05) is 30.8 Å². The Morgan fingerprint density at radius 1 is 1.37 bits per heavy atom. The van der Waals surface area contributed by atoms with Crippen molar-refractivity contribution in [3.05, 3.63) is 18.2 Å². The van der Waals surface area contributed by atoms with Crippen LogP contribution in [0.15, 0.2) is 23.1 Å². The molecule has 2 rings (SSSR count). The normalized spacial score (nSPS) is 17.7. The lowest BCUT2D eigenvalue weighted by atomic mass is 10.1. The third kappa shape index (κ3) is 2.99. The summed E-state index contributed by atoms with van der Waals surface area (Å²) in [6.07, 6.45) is 1.06. The van der Waals surface area contributed by atoms with Gasteiger partial charge in [0.05, 0.1) is 22.4 Å². The second-order valence-corrected chi connectivity index (χ2v) is 6.53. The second kappa shape index (κ2) is 5.36. The number of hydrogen-bond acceptors (Lipinski definition) is 5. The van der Waals surface area contributed by atoms with Crippen LogP contribution in [0.25, 0.3) is 0 Å². The van der Waals surface area contributed by atoms with E-state index in [0.717, 1.165) is 0 Å². The van der Waals surface area contributed by atoms with Crippen LogP contribution in [0.3, 0.4) is 0 Å². The molecule has 1 heterocycles. The highest BCUT2D eigenvalue weighted by Gasteiger charge is 2.21. The van der Waals surface area contributed by atoms with E-state index >= 15 is 0 Å². The van der Waals surface area contributed by atoms with Crippen molar-refractivity contribution in [1.82, 2.24) is 4.72 Å². The Hall–Kier alpha value is -1.31. The summed E-state index contributed by atoms with van der Waals surface area (Å²) in [5, 5.41) is 9.50. The topological polar surface area (TPSA) is 95.7 Å². The minimum absolute atomic E-state index is 0.199. The number of hydrogen-bond donors (Lipinski definition) is 3. The molecule has 1 aliphatic heterocycles. The maximum atomic E-state index is 11.8. The summed E-state index contributed by atoms with van der Waals surface area (Å²) in [4.78, 5) is 2.21. The number of sulfonamides is 1. The van der Waals surface area contributed by atoms with E-state index in [2.05, 4.69) is 4.72 Å². The van der Waals surface area contributed by atoms with Gasteiger partial charge in [-0.15, -0.1) is 0 Å². The molecule has 0 radical (unpaired) electrons. The van der Waals surface area contributed by atoms with Gasteiger partial charge in [0, 0.05) is 13.1 Å². The minimum Gasteiger partial charge on any atom is -0.397 e. The average Bonchev–Trinajstić information content (AvgIpc) is 2.40. The number of nitrogens with one attached hydrogen (secondary N) is 1. The Morgan fingerprint density at radius 3 is 2.58 bits per heavy atom. The molecular formula is C12H19N3O3S. The predicted octanol–water partition coefficient (Wildman–Crippen LogP) is 0.138. The largest absolute Gasteiger partial charge is 0.397 e. The van der Waals surface area contributed by atoms with Crippen molar-refractivity contribution in [2.24, 2.45) is 0 Å². The Balaban J connectivity index is 2.33. The van der Waals surface area contributed by atoms with Gasteiger partial charge in [-0.2, -0.15) is 0 Å². The monoisotopic (exact) mass is 285 g/mol. The van der Waals surface area contributed by atoms with Crippen LogP contribution in [0.4, 0.5) is 11.4 Å². The van der Waals surface area contributed by atoms with Gasteiger partial charge in [-0.3, -0.25) is 0 Å². The first-order valence-corrected chi connectivity index (χ1v) is 7.68. The lowest BCUT2D eigenvalue weighted by Crippen LogP contribution is -2.36. The van der Waals surface area contributed by atoms with Gasteiger partial charge >= 0.3 is 0 Å². The van der Waals surface area contributed by atoms with Crippen molar-refractivity contribution in [3.63, 3.8) is 0 Å². The molecule has 0 spiro atoms. The molecule has 0 aliphatic carbocycles. The van der Waals surface area contributed by atoms with Crippen LogP contribution >= 0.6 is 0 Å². The molecule has 4 N–H and O–H groups in total. The Bertz CT molecular complexity index is 551. The zero-order valence-electron chi connectivity index (χ0n) is 10.8. The van der Waals surface area contributed by atoms with Crippen molar-refractivity contribution in [3.8, 4) is 0 Å². The van der Waals surface area contributed by atoms with Crippen LogP contribution < -0.4 is 15.4 Å². The summed E-state index contributed by atoms with van der Waals surface area (Å²) >= 11 is 0. The minimum atomic E-state index is -3.47. The molecule has 1 aromatic rings. The van der Waals surface area contributed by atoms with Gasteiger partial charge in [0.25, 0.3) is 0 Å². The van der Waals surface area contributed by atoms with Crippen LogP contribution in [0.1, 0.15) is 12.8 Å². The number of piperidine rings is 1. The van der Waals surface area contributed by atoms with Crippen LogP contribution in [0, 0.1) is 0 Å². The number of benzene rings is 1. The van der Waals surface area contributed by atoms with E-state index in [1.807, 2.05) is 4.90 Å². The van der Waals surface area contributed by atoms with E-state index < -0.39 is 10.0 Å². The van der Waals surface area contributed by atoms with Gasteiger partial charge in [0.1, 0.15) is 0 Å². The van der Waals surface area contributed by atoms with Gasteiger partial charge in [0.15, 0.2) is 0 Å². The molecule has 1 aliphatic rings. The molecule has 0 atom stereocenters. The third-order valence-electron chi connectivity index (χ3n) is 3.39. The Morgan fingerprint density at radius 2 is 2.00 bits per heavy atom. The maximum absolute atomic E-state index is 11.8. The highest BCUT2D eigenvalue weighted by Crippen LogP contribution is 2.29. The third-order valence-corrected chi connectivity index (χ3v) is 4.80. The molecule has 0 bridgehead atoms. The number of nitrogen functional groups attached to an aromatic ring is 1. The molecule has 6 nitrogen and oxygen atoms in total. The summed E-state index contributed by atoms with van der Waals surface area (Å²) in [6.45, 7) is 1.35. The molecule has 7 heteroatoms. The molecule has 1 saturated heterocycles. The van der Waals surface area contributed by atoms with E-state index in [4.69, 9.17) is 5.73 Å². The van der Waals surface area contributed by atoms with Gasteiger partial charge in [-0.1, -0.05) is 0 Å². The van der Waals surface area contributed by atoms with Gasteiger partial charge < -0.3 is 15.7 Å². The van der Waals surface area contributed by atoms with E-state index in [9.17, 15) is 13.5 Å². The SMILES string of the molecule is CNS(=O)(=O)c1ccc(N)c(N2CCC(O)CC2)c1. The van der Waals surface area contributed by atoms with Crippen LogP contribution in [0.5, 0.6) is 0 Å². The van der Waals surface area contributed by atoms with Gasteiger partial charge in [-0.25, -0.2) is 13.1 Å². The van der Waals surface area contributed by atoms with Gasteiger partial charge in [-0.05, 0) is 38.1 Å². The van der Waals surface area contributed by atoms with E-state index in [1.165, 1.54) is 13.1 Å². The fourth-order valence-electron chi connectivity index (χ4n) is 2.19. The van der Waals surface area contributed by atoms with Crippen molar-refractivity contribution < 1.29 is 13.5 Å². The number of nitrogens with zero attached hydrogens (tertiary/aromatic N) is 1. The summed E-state index contributed by atoms with van der Waals surface area (Å²) in [6, 6.07) is 4.67. The summed E-state index contributed by atoms with van der Waals surface area (Å²) in [7, 11) is -2.09. The van der Waals surface area contributed by atoms with Crippen molar-refractivity contribution >= 4 is 21.4 Å². The summed E-state index contributed by atoms with van der Waals surface area (Å²) in [5.41, 5.74) is 7.18. The number of nitrogens with two attached hydrogens (primary N) is 1. The highest BCUT2D eigenvalue weighted by molar-refractivity contribution is 7.89. The molecule has 0 amide bonds. The second-order valence-electron chi connectivity index (χ2n) is 4.65. The maximum Gasteiger partial charge on any atom is 0.240 e. The number of anilines is 2. The zero-order valence-corrected chi connectivity index (χ0v) is 11.7. The smallest absolute Gasteiger partial charge is 0.240 e. The predicted molar refractivity (Wildman–Crippen MR) is 74.6 cm³/mol. The standard InChI is InChI=1S/C12H19N3O3S/c1-14-19(17,18)10-2-3-11(13)12(8-10)15-6-4-9(16)5-7-15/h2-3,8-9,14,16H,4-7,13H2,1H3. The molecule has 1 fully saturated rings. The molecule has 0 aromatic heterocycles. The average molecular weight is 285 g/mol. The number of aliphatic hydroxyl groups is 1. The molecule has 1 aromatic carbocycles. The lowest BCUT2D eigenvalue weighted by Gasteiger charge is -2.32. The quantitative estimate of drug-likeness (QED) is 0.687. The molecule has 0 saturated carbocycles. The van der Waals surface area contributed by atoms with Crippen LogP contribution in [-0.2, 0) is 10.0 Å². The summed E-state index contributed by atoms with van der Waals surface area (Å²) < 4.78 is 25.9. The van der Waals surface area contributed by atoms with E-state index in [1.54, 1.807) is 12.1 Å².